The van der Waals surface area contributed by atoms with Gasteiger partial charge in [-0.25, -0.2) is 5.01 Å². The minimum absolute atomic E-state index is 0. The summed E-state index contributed by atoms with van der Waals surface area (Å²) >= 11 is 0. The van der Waals surface area contributed by atoms with E-state index < -0.39 is 0 Å². The minimum Gasteiger partial charge on any atom is -0.255 e. The molecule has 0 aromatic rings. The molecule has 0 radical (unpaired) electrons. The Morgan fingerprint density at radius 2 is 1.04 bits per heavy atom. The molecular weight excluding hydrogens is 328 g/mol. The number of nitrogens with zero attached hydrogens (tertiary/aromatic N) is 1. The van der Waals surface area contributed by atoms with E-state index in [4.69, 9.17) is 0 Å². The van der Waals surface area contributed by atoms with Crippen LogP contribution >= 0.6 is 12.4 Å². The fourth-order valence-corrected chi connectivity index (χ4v) is 3.06. The molecule has 0 saturated carbocycles. The Morgan fingerprint density at radius 1 is 0.600 bits per heavy atom. The molecule has 0 aromatic carbocycles. The van der Waals surface area contributed by atoms with E-state index in [-0.39, 0.29) is 12.4 Å². The number of halogens is 1. The molecule has 0 bridgehead atoms. The average Bonchev–Trinajstić information content (AvgIpc) is 2.61. The van der Waals surface area contributed by atoms with Crippen molar-refractivity contribution in [1.29, 1.82) is 0 Å². The molecule has 0 aliphatic rings. The first-order valence-electron chi connectivity index (χ1n) is 11.0. The Bertz CT molecular complexity index is 252. The highest BCUT2D eigenvalue weighted by atomic mass is 35.5. The van der Waals surface area contributed by atoms with Gasteiger partial charge in [-0.1, -0.05) is 90.7 Å². The van der Waals surface area contributed by atoms with Crippen LogP contribution in [-0.2, 0) is 0 Å². The van der Waals surface area contributed by atoms with Gasteiger partial charge in [0.15, 0.2) is 0 Å². The maximum Gasteiger partial charge on any atom is 0.0102 e. The van der Waals surface area contributed by atoms with Gasteiger partial charge in [-0.15, -0.1) is 12.4 Å². The number of hydrogen-bond donors (Lipinski definition) is 1. The zero-order valence-corrected chi connectivity index (χ0v) is 18.3. The number of hydrazine groups is 1. The van der Waals surface area contributed by atoms with E-state index in [0.717, 1.165) is 19.6 Å². The number of rotatable bonds is 19. The van der Waals surface area contributed by atoms with Crippen molar-refractivity contribution in [3.63, 3.8) is 0 Å². The van der Waals surface area contributed by atoms with Crippen LogP contribution in [0.3, 0.4) is 0 Å². The largest absolute Gasteiger partial charge is 0.255 e. The highest BCUT2D eigenvalue weighted by Crippen LogP contribution is 2.09. The molecule has 152 valence electrons. The van der Waals surface area contributed by atoms with Crippen molar-refractivity contribution in [1.82, 2.24) is 10.4 Å². The summed E-state index contributed by atoms with van der Waals surface area (Å²) in [6.45, 7) is 10.0. The molecule has 0 aromatic heterocycles. The van der Waals surface area contributed by atoms with Gasteiger partial charge >= 0.3 is 0 Å². The van der Waals surface area contributed by atoms with Gasteiger partial charge in [-0.3, -0.25) is 5.43 Å². The van der Waals surface area contributed by atoms with E-state index in [1.165, 1.54) is 89.9 Å². The Balaban J connectivity index is 0. The van der Waals surface area contributed by atoms with Crippen LogP contribution in [0.2, 0.25) is 0 Å². The van der Waals surface area contributed by atoms with Gasteiger partial charge in [0, 0.05) is 19.6 Å². The number of unbranched alkanes of at least 4 members (excludes halogenated alkanes) is 12. The Labute approximate surface area is 165 Å². The molecule has 0 heterocycles. The highest BCUT2D eigenvalue weighted by molar-refractivity contribution is 5.85. The topological polar surface area (TPSA) is 15.3 Å². The van der Waals surface area contributed by atoms with E-state index in [9.17, 15) is 0 Å². The van der Waals surface area contributed by atoms with Crippen molar-refractivity contribution >= 4 is 12.4 Å². The maximum absolute atomic E-state index is 3.49. The Morgan fingerprint density at radius 3 is 1.52 bits per heavy atom. The lowest BCUT2D eigenvalue weighted by Gasteiger charge is -2.19. The van der Waals surface area contributed by atoms with Gasteiger partial charge in [0.2, 0.25) is 0 Å². The zero-order chi connectivity index (χ0) is 17.7. The first kappa shape index (κ1) is 27.2. The molecule has 0 unspecified atom stereocenters. The molecule has 2 nitrogen and oxygen atoms in total. The van der Waals surface area contributed by atoms with Gasteiger partial charge < -0.3 is 0 Å². The molecule has 0 spiro atoms. The van der Waals surface area contributed by atoms with Crippen LogP contribution in [0.25, 0.3) is 0 Å². The summed E-state index contributed by atoms with van der Waals surface area (Å²) in [4.78, 5) is 0. The van der Waals surface area contributed by atoms with Gasteiger partial charge in [0.05, 0.1) is 0 Å². The molecule has 0 saturated heterocycles. The van der Waals surface area contributed by atoms with Crippen molar-refractivity contribution in [3.05, 3.63) is 12.2 Å². The van der Waals surface area contributed by atoms with Crippen LogP contribution in [0, 0.1) is 0 Å². The van der Waals surface area contributed by atoms with Crippen LogP contribution in [0.4, 0.5) is 0 Å². The fourth-order valence-electron chi connectivity index (χ4n) is 3.06. The summed E-state index contributed by atoms with van der Waals surface area (Å²) in [5, 5.41) is 2.29. The first-order valence-corrected chi connectivity index (χ1v) is 11.0. The van der Waals surface area contributed by atoms with E-state index >= 15 is 0 Å². The number of allylic oxidation sites excluding steroid dienone is 2. The molecule has 0 aliphatic heterocycles. The fraction of sp³-hybridized carbons (Fsp3) is 0.909. The van der Waals surface area contributed by atoms with Crippen LogP contribution < -0.4 is 5.43 Å². The minimum atomic E-state index is 0. The Hall–Kier alpha value is -0.0500. The first-order chi connectivity index (χ1) is 11.8. The summed E-state index contributed by atoms with van der Waals surface area (Å²) in [6, 6.07) is 0. The molecular formula is C22H47ClN2. The normalized spacial score (nSPS) is 11.4. The third kappa shape index (κ3) is 21.9. The van der Waals surface area contributed by atoms with Crippen LogP contribution in [0.1, 0.15) is 111 Å². The smallest absolute Gasteiger partial charge is 0.0102 e. The van der Waals surface area contributed by atoms with Crippen LogP contribution in [0.15, 0.2) is 12.2 Å². The van der Waals surface area contributed by atoms with Crippen LogP contribution in [0.5, 0.6) is 0 Å². The van der Waals surface area contributed by atoms with E-state index in [1.807, 2.05) is 0 Å². The lowest BCUT2D eigenvalue weighted by atomic mass is 10.1. The standard InChI is InChI=1S/C22H46N2.ClH/c1-4-7-8-9-10-11-12-13-14-15-16-17-18-19-20-21-22-23-24(5-2)6-3;/h13-14,23H,4-12,15-22H2,1-3H3;1H. The van der Waals surface area contributed by atoms with E-state index in [1.54, 1.807) is 0 Å². The summed E-state index contributed by atoms with van der Waals surface area (Å²) in [5.41, 5.74) is 3.49. The molecule has 0 fully saturated rings. The summed E-state index contributed by atoms with van der Waals surface area (Å²) in [6.07, 6.45) is 24.2. The molecule has 25 heavy (non-hydrogen) atoms. The molecule has 3 heteroatoms. The van der Waals surface area contributed by atoms with Gasteiger partial charge in [0.1, 0.15) is 0 Å². The number of hydrogen-bond acceptors (Lipinski definition) is 2. The van der Waals surface area contributed by atoms with E-state index in [0.29, 0.717) is 0 Å². The lowest BCUT2D eigenvalue weighted by Crippen LogP contribution is -2.38. The van der Waals surface area contributed by atoms with Gasteiger partial charge in [-0.05, 0) is 32.1 Å². The Kier molecular flexibility index (Phi) is 26.0. The SMILES string of the molecule is CCCCCCCCC=CCCCCCCCCNN(CC)CC.Cl. The third-order valence-corrected chi connectivity index (χ3v) is 4.79. The van der Waals surface area contributed by atoms with Crippen molar-refractivity contribution in [2.45, 2.75) is 111 Å². The molecule has 0 rings (SSSR count). The molecule has 0 atom stereocenters. The highest BCUT2D eigenvalue weighted by Gasteiger charge is 1.96. The predicted octanol–water partition coefficient (Wildman–Crippen LogP) is 7.29. The van der Waals surface area contributed by atoms with Gasteiger partial charge in [-0.2, -0.15) is 0 Å². The van der Waals surface area contributed by atoms with Crippen LogP contribution in [-0.4, -0.2) is 24.6 Å². The second-order valence-electron chi connectivity index (χ2n) is 7.02. The van der Waals surface area contributed by atoms with Crippen molar-refractivity contribution in [3.8, 4) is 0 Å². The number of nitrogens with one attached hydrogen (secondary N) is 1. The monoisotopic (exact) mass is 374 g/mol. The maximum atomic E-state index is 3.49. The average molecular weight is 375 g/mol. The quantitative estimate of drug-likeness (QED) is 0.145. The lowest BCUT2D eigenvalue weighted by molar-refractivity contribution is 0.207. The van der Waals surface area contributed by atoms with Crippen molar-refractivity contribution in [2.24, 2.45) is 0 Å². The summed E-state index contributed by atoms with van der Waals surface area (Å²) in [5.74, 6) is 0. The van der Waals surface area contributed by atoms with Crippen molar-refractivity contribution < 1.29 is 0 Å². The van der Waals surface area contributed by atoms with Gasteiger partial charge in [0.25, 0.3) is 0 Å². The predicted molar refractivity (Wildman–Crippen MR) is 118 cm³/mol. The zero-order valence-electron chi connectivity index (χ0n) is 17.5. The van der Waals surface area contributed by atoms with E-state index in [2.05, 4.69) is 43.4 Å². The summed E-state index contributed by atoms with van der Waals surface area (Å²) < 4.78 is 0. The summed E-state index contributed by atoms with van der Waals surface area (Å²) in [7, 11) is 0. The third-order valence-electron chi connectivity index (χ3n) is 4.79. The van der Waals surface area contributed by atoms with Crippen molar-refractivity contribution in [2.75, 3.05) is 19.6 Å². The second kappa shape index (κ2) is 23.9. The molecule has 0 amide bonds. The molecule has 1 N–H and O–H groups in total. The molecule has 0 aliphatic carbocycles. The second-order valence-corrected chi connectivity index (χ2v) is 7.02.